The third-order valence-corrected chi connectivity index (χ3v) is 3.17. The molecule has 0 radical (unpaired) electrons. The molecule has 1 rings (SSSR count). The molecule has 102 valence electrons. The second-order valence-corrected chi connectivity index (χ2v) is 4.53. The predicted octanol–water partition coefficient (Wildman–Crippen LogP) is -0.452. The Morgan fingerprint density at radius 3 is 2.39 bits per heavy atom. The van der Waals surface area contributed by atoms with Crippen LogP contribution in [0.3, 0.4) is 0 Å². The first kappa shape index (κ1) is 14.4. The highest BCUT2D eigenvalue weighted by atomic mass is 16.4. The molecule has 0 aliphatic heterocycles. The van der Waals surface area contributed by atoms with Gasteiger partial charge in [-0.3, -0.25) is 9.59 Å². The summed E-state index contributed by atoms with van der Waals surface area (Å²) in [6.07, 6.45) is 1.83. The Bertz CT molecular complexity index is 344. The number of carbonyl (C=O) groups excluding carboxylic acids is 1. The first-order valence-corrected chi connectivity index (χ1v) is 5.92. The summed E-state index contributed by atoms with van der Waals surface area (Å²) in [5.41, 5.74) is 5.75. The van der Waals surface area contributed by atoms with E-state index in [1.807, 2.05) is 0 Å². The van der Waals surface area contributed by atoms with E-state index in [-0.39, 0.29) is 24.8 Å². The predicted molar refractivity (Wildman–Crippen MR) is 61.8 cm³/mol. The van der Waals surface area contributed by atoms with Crippen molar-refractivity contribution in [1.29, 1.82) is 0 Å². The first-order chi connectivity index (χ1) is 8.41. The third-order valence-electron chi connectivity index (χ3n) is 3.17. The van der Waals surface area contributed by atoms with Gasteiger partial charge in [0.05, 0.1) is 5.92 Å². The van der Waals surface area contributed by atoms with E-state index in [1.165, 1.54) is 0 Å². The minimum absolute atomic E-state index is 0.127. The third kappa shape index (κ3) is 3.99. The van der Waals surface area contributed by atoms with Gasteiger partial charge < -0.3 is 21.3 Å². The molecule has 1 amide bonds. The highest BCUT2D eigenvalue weighted by Crippen LogP contribution is 2.24. The molecule has 1 saturated carbocycles. The molecular weight excluding hydrogens is 240 g/mol. The summed E-state index contributed by atoms with van der Waals surface area (Å²) < 4.78 is 0. The van der Waals surface area contributed by atoms with E-state index in [1.54, 1.807) is 0 Å². The zero-order valence-corrected chi connectivity index (χ0v) is 9.96. The SMILES string of the molecule is NC1CCCC1C(=O)N[C@@H](CCC(=O)O)C(=O)O. The van der Waals surface area contributed by atoms with Crippen LogP contribution in [-0.4, -0.2) is 40.1 Å². The van der Waals surface area contributed by atoms with Gasteiger partial charge in [-0.15, -0.1) is 0 Å². The molecule has 1 fully saturated rings. The zero-order valence-electron chi connectivity index (χ0n) is 9.96. The van der Waals surface area contributed by atoms with Gasteiger partial charge in [-0.1, -0.05) is 6.42 Å². The van der Waals surface area contributed by atoms with Gasteiger partial charge in [-0.25, -0.2) is 4.79 Å². The van der Waals surface area contributed by atoms with Crippen LogP contribution in [0, 0.1) is 5.92 Å². The van der Waals surface area contributed by atoms with Crippen LogP contribution in [0.1, 0.15) is 32.1 Å². The molecule has 7 heteroatoms. The molecule has 18 heavy (non-hydrogen) atoms. The summed E-state index contributed by atoms with van der Waals surface area (Å²) >= 11 is 0. The number of nitrogens with two attached hydrogens (primary N) is 1. The molecule has 1 aliphatic carbocycles. The van der Waals surface area contributed by atoms with Crippen LogP contribution >= 0.6 is 0 Å². The van der Waals surface area contributed by atoms with Crippen molar-refractivity contribution >= 4 is 17.8 Å². The fraction of sp³-hybridized carbons (Fsp3) is 0.727. The minimum Gasteiger partial charge on any atom is -0.481 e. The highest BCUT2D eigenvalue weighted by Gasteiger charge is 2.32. The lowest BCUT2D eigenvalue weighted by Crippen LogP contribution is -2.46. The average molecular weight is 258 g/mol. The van der Waals surface area contributed by atoms with Crippen molar-refractivity contribution in [1.82, 2.24) is 5.32 Å². The number of carboxylic acids is 2. The summed E-state index contributed by atoms with van der Waals surface area (Å²) in [5, 5.41) is 19.8. The number of amides is 1. The summed E-state index contributed by atoms with van der Waals surface area (Å²) in [7, 11) is 0. The van der Waals surface area contributed by atoms with Gasteiger partial charge in [0.15, 0.2) is 0 Å². The molecule has 0 saturated heterocycles. The van der Waals surface area contributed by atoms with Crippen molar-refractivity contribution in [2.75, 3.05) is 0 Å². The normalized spacial score (nSPS) is 24.5. The molecule has 0 spiro atoms. The number of hydrogen-bond acceptors (Lipinski definition) is 4. The van der Waals surface area contributed by atoms with Crippen molar-refractivity contribution in [2.24, 2.45) is 11.7 Å². The molecule has 0 aromatic heterocycles. The molecule has 0 heterocycles. The Balaban J connectivity index is 2.52. The lowest BCUT2D eigenvalue weighted by Gasteiger charge is -2.19. The van der Waals surface area contributed by atoms with Crippen LogP contribution in [0.25, 0.3) is 0 Å². The maximum absolute atomic E-state index is 11.8. The van der Waals surface area contributed by atoms with Crippen molar-refractivity contribution < 1.29 is 24.6 Å². The van der Waals surface area contributed by atoms with Crippen molar-refractivity contribution in [3.63, 3.8) is 0 Å². The number of rotatable bonds is 6. The van der Waals surface area contributed by atoms with Gasteiger partial charge in [-0.05, 0) is 19.3 Å². The fourth-order valence-corrected chi connectivity index (χ4v) is 2.12. The molecule has 0 bridgehead atoms. The van der Waals surface area contributed by atoms with Gasteiger partial charge in [0.25, 0.3) is 0 Å². The van der Waals surface area contributed by atoms with Crippen LogP contribution in [-0.2, 0) is 14.4 Å². The molecule has 3 atom stereocenters. The Morgan fingerprint density at radius 1 is 1.28 bits per heavy atom. The number of hydrogen-bond donors (Lipinski definition) is 4. The van der Waals surface area contributed by atoms with Crippen molar-refractivity contribution in [3.05, 3.63) is 0 Å². The molecule has 2 unspecified atom stereocenters. The Hall–Kier alpha value is -1.63. The van der Waals surface area contributed by atoms with Gasteiger partial charge in [-0.2, -0.15) is 0 Å². The number of carbonyl (C=O) groups is 3. The van der Waals surface area contributed by atoms with E-state index < -0.39 is 23.9 Å². The number of nitrogens with one attached hydrogen (secondary N) is 1. The Labute approximate surface area is 104 Å². The molecule has 0 aromatic rings. The molecule has 5 N–H and O–H groups in total. The van der Waals surface area contributed by atoms with E-state index in [0.29, 0.717) is 6.42 Å². The number of aliphatic carboxylic acids is 2. The second kappa shape index (κ2) is 6.34. The lowest BCUT2D eigenvalue weighted by atomic mass is 10.0. The molecule has 7 nitrogen and oxygen atoms in total. The quantitative estimate of drug-likeness (QED) is 0.510. The lowest BCUT2D eigenvalue weighted by molar-refractivity contribution is -0.143. The van der Waals surface area contributed by atoms with Gasteiger partial charge in [0, 0.05) is 12.5 Å². The smallest absolute Gasteiger partial charge is 0.326 e. The first-order valence-electron chi connectivity index (χ1n) is 5.92. The number of carboxylic acid groups (broad SMARTS) is 2. The molecular formula is C11H18N2O5. The second-order valence-electron chi connectivity index (χ2n) is 4.53. The maximum Gasteiger partial charge on any atom is 0.326 e. The highest BCUT2D eigenvalue weighted by molar-refractivity contribution is 5.85. The van der Waals surface area contributed by atoms with Gasteiger partial charge in [0.1, 0.15) is 6.04 Å². The summed E-state index contributed by atoms with van der Waals surface area (Å²) in [6, 6.07) is -1.40. The summed E-state index contributed by atoms with van der Waals surface area (Å²) in [5.74, 6) is -3.07. The van der Waals surface area contributed by atoms with Crippen LogP contribution in [0.2, 0.25) is 0 Å². The minimum atomic E-state index is -1.23. The van der Waals surface area contributed by atoms with Crippen LogP contribution in [0.15, 0.2) is 0 Å². The van der Waals surface area contributed by atoms with E-state index in [4.69, 9.17) is 15.9 Å². The van der Waals surface area contributed by atoms with E-state index >= 15 is 0 Å². The summed E-state index contributed by atoms with van der Waals surface area (Å²) in [6.45, 7) is 0. The standard InChI is InChI=1S/C11H18N2O5/c12-7-3-1-2-6(7)10(16)13-8(11(17)18)4-5-9(14)15/h6-8H,1-5,12H2,(H,13,16)(H,14,15)(H,17,18)/t6?,7?,8-/m0/s1. The van der Waals surface area contributed by atoms with E-state index in [2.05, 4.69) is 5.32 Å². The van der Waals surface area contributed by atoms with Crippen molar-refractivity contribution in [2.45, 2.75) is 44.2 Å². The topological polar surface area (TPSA) is 130 Å². The van der Waals surface area contributed by atoms with Crippen LogP contribution in [0.5, 0.6) is 0 Å². The molecule has 1 aliphatic rings. The maximum atomic E-state index is 11.8. The fourth-order valence-electron chi connectivity index (χ4n) is 2.12. The summed E-state index contributed by atoms with van der Waals surface area (Å²) in [4.78, 5) is 33.1. The van der Waals surface area contributed by atoms with Crippen molar-refractivity contribution in [3.8, 4) is 0 Å². The Morgan fingerprint density at radius 2 is 1.94 bits per heavy atom. The van der Waals surface area contributed by atoms with Crippen LogP contribution in [0.4, 0.5) is 0 Å². The van der Waals surface area contributed by atoms with E-state index in [9.17, 15) is 14.4 Å². The zero-order chi connectivity index (χ0) is 13.7. The van der Waals surface area contributed by atoms with Gasteiger partial charge >= 0.3 is 11.9 Å². The average Bonchev–Trinajstić information content (AvgIpc) is 2.69. The monoisotopic (exact) mass is 258 g/mol. The van der Waals surface area contributed by atoms with Crippen LogP contribution < -0.4 is 11.1 Å². The largest absolute Gasteiger partial charge is 0.481 e. The van der Waals surface area contributed by atoms with Gasteiger partial charge in [0.2, 0.25) is 5.91 Å². The Kier molecular flexibility index (Phi) is 5.08. The molecule has 0 aromatic carbocycles. The van der Waals surface area contributed by atoms with E-state index in [0.717, 1.165) is 12.8 Å².